The molecule has 1 aliphatic rings. The maximum absolute atomic E-state index is 13.0. The first kappa shape index (κ1) is 19.7. The number of likely N-dealkylation sites (tertiary alicyclic amines) is 1. The molecular formula is C21H22N4O2S2. The van der Waals surface area contributed by atoms with Crippen molar-refractivity contribution < 1.29 is 9.59 Å². The van der Waals surface area contributed by atoms with Gasteiger partial charge in [-0.05, 0) is 25.8 Å². The third kappa shape index (κ3) is 4.09. The SMILES string of the molecule is CC(=O)N1C[C@H](c2ccccc2)C[C@H]1C(=O)Nc1nc(-c2sc(C)nc2C)cs1. The number of hydrogen-bond acceptors (Lipinski definition) is 6. The highest BCUT2D eigenvalue weighted by Gasteiger charge is 2.39. The quantitative estimate of drug-likeness (QED) is 0.678. The van der Waals surface area contributed by atoms with E-state index in [1.165, 1.54) is 18.3 Å². The Labute approximate surface area is 177 Å². The van der Waals surface area contributed by atoms with Crippen molar-refractivity contribution >= 4 is 39.6 Å². The highest BCUT2D eigenvalue weighted by molar-refractivity contribution is 7.16. The van der Waals surface area contributed by atoms with Crippen LogP contribution in [0.4, 0.5) is 5.13 Å². The van der Waals surface area contributed by atoms with Crippen LogP contribution in [0.15, 0.2) is 35.7 Å². The summed E-state index contributed by atoms with van der Waals surface area (Å²) in [6, 6.07) is 9.56. The lowest BCUT2D eigenvalue weighted by Crippen LogP contribution is -2.42. The monoisotopic (exact) mass is 426 g/mol. The second-order valence-corrected chi connectivity index (χ2v) is 9.27. The molecule has 1 N–H and O–H groups in total. The largest absolute Gasteiger partial charge is 0.330 e. The van der Waals surface area contributed by atoms with Gasteiger partial charge in [-0.2, -0.15) is 0 Å². The van der Waals surface area contributed by atoms with Gasteiger partial charge in [0.1, 0.15) is 6.04 Å². The van der Waals surface area contributed by atoms with Gasteiger partial charge in [0.15, 0.2) is 5.13 Å². The van der Waals surface area contributed by atoms with Gasteiger partial charge in [0.2, 0.25) is 11.8 Å². The van der Waals surface area contributed by atoms with Crippen molar-refractivity contribution in [2.45, 2.75) is 39.2 Å². The van der Waals surface area contributed by atoms with Gasteiger partial charge in [0.25, 0.3) is 0 Å². The lowest BCUT2D eigenvalue weighted by Gasteiger charge is -2.21. The molecule has 1 aromatic carbocycles. The van der Waals surface area contributed by atoms with Gasteiger partial charge in [-0.1, -0.05) is 30.3 Å². The molecule has 3 heterocycles. The fourth-order valence-corrected chi connectivity index (χ4v) is 5.45. The van der Waals surface area contributed by atoms with Crippen LogP contribution >= 0.6 is 22.7 Å². The maximum Gasteiger partial charge on any atom is 0.248 e. The van der Waals surface area contributed by atoms with Crippen molar-refractivity contribution in [3.63, 3.8) is 0 Å². The van der Waals surface area contributed by atoms with Gasteiger partial charge in [0, 0.05) is 24.8 Å². The van der Waals surface area contributed by atoms with E-state index in [1.54, 1.807) is 16.2 Å². The van der Waals surface area contributed by atoms with Gasteiger partial charge >= 0.3 is 0 Å². The number of nitrogens with one attached hydrogen (secondary N) is 1. The molecule has 2 amide bonds. The van der Waals surface area contributed by atoms with E-state index in [0.29, 0.717) is 18.1 Å². The molecule has 0 aliphatic carbocycles. The Morgan fingerprint density at radius 3 is 2.59 bits per heavy atom. The molecule has 29 heavy (non-hydrogen) atoms. The van der Waals surface area contributed by atoms with Crippen LogP contribution < -0.4 is 5.32 Å². The smallest absolute Gasteiger partial charge is 0.248 e. The Bertz CT molecular complexity index is 1040. The third-order valence-corrected chi connectivity index (χ3v) is 7.00. The first-order valence-corrected chi connectivity index (χ1v) is 11.1. The fraction of sp³-hybridized carbons (Fsp3) is 0.333. The highest BCUT2D eigenvalue weighted by Crippen LogP contribution is 2.34. The number of aromatic nitrogens is 2. The van der Waals surface area contributed by atoms with Crippen LogP contribution in [0.3, 0.4) is 0 Å². The van der Waals surface area contributed by atoms with Gasteiger partial charge in [0.05, 0.1) is 21.3 Å². The minimum absolute atomic E-state index is 0.0841. The van der Waals surface area contributed by atoms with Crippen LogP contribution in [-0.2, 0) is 9.59 Å². The Hall–Kier alpha value is -2.58. The minimum atomic E-state index is -0.488. The topological polar surface area (TPSA) is 75.2 Å². The molecule has 150 valence electrons. The highest BCUT2D eigenvalue weighted by atomic mass is 32.1. The number of thiazole rings is 2. The lowest BCUT2D eigenvalue weighted by atomic mass is 9.96. The van der Waals surface area contributed by atoms with Gasteiger partial charge in [-0.3, -0.25) is 9.59 Å². The summed E-state index contributed by atoms with van der Waals surface area (Å²) in [6.07, 6.45) is 0.612. The Kier molecular flexibility index (Phi) is 5.47. The lowest BCUT2D eigenvalue weighted by molar-refractivity contribution is -0.134. The van der Waals surface area contributed by atoms with Gasteiger partial charge < -0.3 is 10.2 Å². The second kappa shape index (κ2) is 8.04. The number of anilines is 1. The molecule has 2 aromatic heterocycles. The maximum atomic E-state index is 13.0. The molecule has 0 spiro atoms. The predicted molar refractivity (Wildman–Crippen MR) is 116 cm³/mol. The fourth-order valence-electron chi connectivity index (χ4n) is 3.79. The van der Waals surface area contributed by atoms with Crippen molar-refractivity contribution in [1.29, 1.82) is 0 Å². The summed E-state index contributed by atoms with van der Waals surface area (Å²) >= 11 is 2.98. The Morgan fingerprint density at radius 1 is 1.17 bits per heavy atom. The van der Waals surface area contributed by atoms with Crippen LogP contribution in [0.5, 0.6) is 0 Å². The van der Waals surface area contributed by atoms with Crippen molar-refractivity contribution in [3.05, 3.63) is 52.0 Å². The van der Waals surface area contributed by atoms with E-state index in [0.717, 1.165) is 26.8 Å². The normalized spacial score (nSPS) is 18.8. The summed E-state index contributed by atoms with van der Waals surface area (Å²) in [6.45, 7) is 6.00. The molecule has 4 rings (SSSR count). The van der Waals surface area contributed by atoms with E-state index in [-0.39, 0.29) is 17.7 Å². The number of aryl methyl sites for hydroxylation is 2. The number of hydrogen-bond donors (Lipinski definition) is 1. The van der Waals surface area contributed by atoms with Crippen molar-refractivity contribution in [3.8, 4) is 10.6 Å². The summed E-state index contributed by atoms with van der Waals surface area (Å²) < 4.78 is 0. The van der Waals surface area contributed by atoms with E-state index in [1.807, 2.05) is 37.4 Å². The molecule has 0 radical (unpaired) electrons. The van der Waals surface area contributed by atoms with Crippen molar-refractivity contribution in [2.75, 3.05) is 11.9 Å². The molecule has 1 aliphatic heterocycles. The molecule has 2 atom stereocenters. The minimum Gasteiger partial charge on any atom is -0.330 e. The van der Waals surface area contributed by atoms with Gasteiger partial charge in [-0.25, -0.2) is 9.97 Å². The zero-order valence-corrected chi connectivity index (χ0v) is 18.1. The molecule has 0 saturated carbocycles. The zero-order chi connectivity index (χ0) is 20.5. The van der Waals surface area contributed by atoms with Crippen LogP contribution in [0.1, 0.15) is 35.5 Å². The third-order valence-electron chi connectivity index (χ3n) is 5.15. The molecule has 1 fully saturated rings. The summed E-state index contributed by atoms with van der Waals surface area (Å²) in [7, 11) is 0. The molecule has 8 heteroatoms. The average Bonchev–Trinajstić information content (AvgIpc) is 3.40. The molecule has 6 nitrogen and oxygen atoms in total. The van der Waals surface area contributed by atoms with Crippen molar-refractivity contribution in [1.82, 2.24) is 14.9 Å². The number of benzene rings is 1. The molecule has 0 unspecified atom stereocenters. The average molecular weight is 427 g/mol. The summed E-state index contributed by atoms with van der Waals surface area (Å²) in [5, 5.41) is 6.38. The Balaban J connectivity index is 1.50. The van der Waals surface area contributed by atoms with Crippen LogP contribution in [0.25, 0.3) is 10.6 Å². The first-order chi connectivity index (χ1) is 13.9. The van der Waals surface area contributed by atoms with Crippen molar-refractivity contribution in [2.24, 2.45) is 0 Å². The Morgan fingerprint density at radius 2 is 1.93 bits per heavy atom. The molecule has 3 aromatic rings. The summed E-state index contributed by atoms with van der Waals surface area (Å²) in [4.78, 5) is 36.8. The number of carbonyl (C=O) groups excluding carboxylic acids is 2. The molecular weight excluding hydrogens is 404 g/mol. The van der Waals surface area contributed by atoms with E-state index < -0.39 is 6.04 Å². The van der Waals surface area contributed by atoms with Gasteiger partial charge in [-0.15, -0.1) is 22.7 Å². The standard InChI is InChI=1S/C21H22N4O2S2/c1-12-19(29-13(2)22-12)17-11-28-21(23-17)24-20(27)18-9-16(10-25(18)14(3)26)15-7-5-4-6-8-15/h4-8,11,16,18H,9-10H2,1-3H3,(H,23,24,27)/t16-,18+/m1/s1. The number of rotatable bonds is 4. The zero-order valence-electron chi connectivity index (χ0n) is 16.5. The number of nitrogens with zero attached hydrogens (tertiary/aromatic N) is 3. The predicted octanol–water partition coefficient (Wildman–Crippen LogP) is 4.23. The number of amides is 2. The second-order valence-electron chi connectivity index (χ2n) is 7.21. The number of carbonyl (C=O) groups is 2. The molecule has 0 bridgehead atoms. The first-order valence-electron chi connectivity index (χ1n) is 9.45. The van der Waals surface area contributed by atoms with E-state index in [4.69, 9.17) is 0 Å². The van der Waals surface area contributed by atoms with Crippen LogP contribution in [-0.4, -0.2) is 39.3 Å². The summed E-state index contributed by atoms with van der Waals surface area (Å²) in [5.41, 5.74) is 2.92. The molecule has 1 saturated heterocycles. The van der Waals surface area contributed by atoms with E-state index >= 15 is 0 Å². The van der Waals surface area contributed by atoms with E-state index in [2.05, 4.69) is 27.4 Å². The summed E-state index contributed by atoms with van der Waals surface area (Å²) in [5.74, 6) is -0.110. The van der Waals surface area contributed by atoms with Crippen LogP contribution in [0.2, 0.25) is 0 Å². The van der Waals surface area contributed by atoms with E-state index in [9.17, 15) is 9.59 Å². The van der Waals surface area contributed by atoms with Crippen LogP contribution in [0, 0.1) is 13.8 Å².